The van der Waals surface area contributed by atoms with E-state index in [0.29, 0.717) is 27.2 Å². The van der Waals surface area contributed by atoms with Crippen molar-refractivity contribution in [2.75, 3.05) is 13.2 Å². The Hall–Kier alpha value is -3.52. The quantitative estimate of drug-likeness (QED) is 0.540. The Morgan fingerprint density at radius 3 is 2.62 bits per heavy atom. The number of rotatable bonds is 6. The summed E-state index contributed by atoms with van der Waals surface area (Å²) in [5.74, 6) is 0.243. The Morgan fingerprint density at radius 1 is 1.19 bits per heavy atom. The number of hydrogen-bond donors (Lipinski definition) is 0. The van der Waals surface area contributed by atoms with Crippen LogP contribution >= 0.6 is 11.3 Å². The van der Waals surface area contributed by atoms with Gasteiger partial charge in [0.15, 0.2) is 4.80 Å². The molecule has 0 bridgehead atoms. The third-order valence-electron chi connectivity index (χ3n) is 5.01. The molecule has 0 fully saturated rings. The number of carbonyl (C=O) groups is 1. The molecule has 0 amide bonds. The lowest BCUT2D eigenvalue weighted by atomic mass is 9.96. The average molecular weight is 450 g/mol. The van der Waals surface area contributed by atoms with Gasteiger partial charge in [-0.1, -0.05) is 29.5 Å². The summed E-state index contributed by atoms with van der Waals surface area (Å²) >= 11 is 1.29. The molecule has 1 atom stereocenters. The van der Waals surface area contributed by atoms with Crippen LogP contribution in [-0.4, -0.2) is 28.7 Å². The molecule has 0 N–H and O–H groups in total. The minimum absolute atomic E-state index is 0.217. The first kappa shape index (κ1) is 21.7. The van der Waals surface area contributed by atoms with E-state index in [1.165, 1.54) is 11.3 Å². The highest BCUT2D eigenvalue weighted by Gasteiger charge is 2.33. The first-order chi connectivity index (χ1) is 15.5. The summed E-state index contributed by atoms with van der Waals surface area (Å²) in [5, 5.41) is 0. The summed E-state index contributed by atoms with van der Waals surface area (Å²) in [4.78, 5) is 35.6. The van der Waals surface area contributed by atoms with E-state index in [-0.39, 0.29) is 12.2 Å². The highest BCUT2D eigenvalue weighted by molar-refractivity contribution is 7.07. The second-order valence-electron chi connectivity index (χ2n) is 7.09. The Kier molecular flexibility index (Phi) is 6.32. The van der Waals surface area contributed by atoms with E-state index in [2.05, 4.69) is 9.98 Å². The van der Waals surface area contributed by atoms with Crippen LogP contribution in [0, 0.1) is 0 Å². The second-order valence-corrected chi connectivity index (χ2v) is 8.10. The van der Waals surface area contributed by atoms with Crippen LogP contribution in [0.1, 0.15) is 37.9 Å². The largest absolute Gasteiger partial charge is 0.494 e. The number of thiazole rings is 1. The van der Waals surface area contributed by atoms with Crippen LogP contribution < -0.4 is 19.6 Å². The number of nitrogens with zero attached hydrogens (tertiary/aromatic N) is 3. The van der Waals surface area contributed by atoms with Gasteiger partial charge < -0.3 is 9.47 Å². The van der Waals surface area contributed by atoms with Crippen molar-refractivity contribution in [2.24, 2.45) is 4.99 Å². The van der Waals surface area contributed by atoms with Gasteiger partial charge in [-0.05, 0) is 56.2 Å². The summed E-state index contributed by atoms with van der Waals surface area (Å²) in [6.07, 6.45) is 5.16. The van der Waals surface area contributed by atoms with Crippen molar-refractivity contribution >= 4 is 23.4 Å². The summed E-state index contributed by atoms with van der Waals surface area (Å²) in [6, 6.07) is 10.5. The standard InChI is InChI=1S/C24H23N3O4S/c1-4-30-18-10-8-17(9-11-18)21-20(23(29)31-5-2)15(3)26-24-27(21)22(28)19(32-24)13-16-7-6-12-25-14-16/h6-14,21H,4-5H2,1-3H3/b19-13-/t21-/m0/s1. The summed E-state index contributed by atoms with van der Waals surface area (Å²) in [6.45, 7) is 6.22. The van der Waals surface area contributed by atoms with Crippen molar-refractivity contribution in [2.45, 2.75) is 26.8 Å². The lowest BCUT2D eigenvalue weighted by molar-refractivity contribution is -0.139. The first-order valence-electron chi connectivity index (χ1n) is 10.4. The van der Waals surface area contributed by atoms with E-state index in [0.717, 1.165) is 16.9 Å². The predicted molar refractivity (Wildman–Crippen MR) is 122 cm³/mol. The van der Waals surface area contributed by atoms with Crippen LogP contribution in [0.25, 0.3) is 6.08 Å². The van der Waals surface area contributed by atoms with Crippen LogP contribution in [0.4, 0.5) is 0 Å². The fraction of sp³-hybridized carbons (Fsp3) is 0.250. The zero-order valence-electron chi connectivity index (χ0n) is 18.1. The lowest BCUT2D eigenvalue weighted by Gasteiger charge is -2.24. The molecule has 0 radical (unpaired) electrons. The number of fused-ring (bicyclic) bond motifs is 1. The van der Waals surface area contributed by atoms with Crippen LogP contribution in [0.2, 0.25) is 0 Å². The molecule has 7 nitrogen and oxygen atoms in total. The van der Waals surface area contributed by atoms with E-state index in [4.69, 9.17) is 9.47 Å². The van der Waals surface area contributed by atoms with Crippen LogP contribution in [0.5, 0.6) is 5.75 Å². The Labute approximate surface area is 189 Å². The molecular formula is C24H23N3O4S. The van der Waals surface area contributed by atoms with Crippen LogP contribution in [-0.2, 0) is 9.53 Å². The Morgan fingerprint density at radius 2 is 1.97 bits per heavy atom. The summed E-state index contributed by atoms with van der Waals surface area (Å²) < 4.78 is 13.0. The van der Waals surface area contributed by atoms with Gasteiger partial charge in [0.05, 0.1) is 35.1 Å². The maximum Gasteiger partial charge on any atom is 0.338 e. The number of aromatic nitrogens is 2. The summed E-state index contributed by atoms with van der Waals surface area (Å²) in [5.41, 5.74) is 2.27. The molecule has 3 heterocycles. The number of carbonyl (C=O) groups excluding carboxylic acids is 1. The minimum atomic E-state index is -0.642. The molecule has 164 valence electrons. The minimum Gasteiger partial charge on any atom is -0.494 e. The topological polar surface area (TPSA) is 82.8 Å². The molecule has 32 heavy (non-hydrogen) atoms. The molecule has 1 aliphatic heterocycles. The van der Waals surface area contributed by atoms with Gasteiger partial charge in [-0.15, -0.1) is 0 Å². The second kappa shape index (κ2) is 9.32. The van der Waals surface area contributed by atoms with Gasteiger partial charge in [0.1, 0.15) is 5.75 Å². The zero-order chi connectivity index (χ0) is 22.7. The number of ether oxygens (including phenoxy) is 2. The van der Waals surface area contributed by atoms with E-state index in [1.807, 2.05) is 43.3 Å². The number of hydrogen-bond acceptors (Lipinski definition) is 7. The maximum atomic E-state index is 13.5. The van der Waals surface area contributed by atoms with Gasteiger partial charge in [0.2, 0.25) is 0 Å². The van der Waals surface area contributed by atoms with Crippen molar-refractivity contribution in [1.29, 1.82) is 0 Å². The molecule has 0 unspecified atom stereocenters. The number of pyridine rings is 1. The van der Waals surface area contributed by atoms with Gasteiger partial charge >= 0.3 is 5.97 Å². The van der Waals surface area contributed by atoms with E-state index in [9.17, 15) is 9.59 Å². The van der Waals surface area contributed by atoms with Crippen LogP contribution in [0.3, 0.4) is 0 Å². The predicted octanol–water partition coefficient (Wildman–Crippen LogP) is 2.59. The number of allylic oxidation sites excluding steroid dienone is 1. The third-order valence-corrected chi connectivity index (χ3v) is 5.99. The average Bonchev–Trinajstić information content (AvgIpc) is 3.09. The molecular weight excluding hydrogens is 426 g/mol. The molecule has 1 aliphatic rings. The first-order valence-corrected chi connectivity index (χ1v) is 11.2. The molecule has 0 saturated carbocycles. The molecule has 0 spiro atoms. The molecule has 1 aromatic carbocycles. The summed E-state index contributed by atoms with van der Waals surface area (Å²) in [7, 11) is 0. The molecule has 2 aromatic heterocycles. The SMILES string of the molecule is CCOC(=O)C1=C(C)N=c2s/c(=C\c3cccnc3)c(=O)n2[C@H]1c1ccc(OCC)cc1. The van der Waals surface area contributed by atoms with Crippen molar-refractivity contribution in [3.63, 3.8) is 0 Å². The van der Waals surface area contributed by atoms with Gasteiger partial charge in [0.25, 0.3) is 5.56 Å². The molecule has 8 heteroatoms. The van der Waals surface area contributed by atoms with E-state index >= 15 is 0 Å². The van der Waals surface area contributed by atoms with Gasteiger partial charge in [0, 0.05) is 12.4 Å². The lowest BCUT2D eigenvalue weighted by Crippen LogP contribution is -2.39. The van der Waals surface area contributed by atoms with E-state index < -0.39 is 12.0 Å². The fourth-order valence-electron chi connectivity index (χ4n) is 3.63. The normalized spacial score (nSPS) is 15.8. The zero-order valence-corrected chi connectivity index (χ0v) is 18.9. The van der Waals surface area contributed by atoms with Gasteiger partial charge in [-0.3, -0.25) is 14.3 Å². The van der Waals surface area contributed by atoms with Gasteiger partial charge in [-0.2, -0.15) is 0 Å². The molecule has 4 rings (SSSR count). The van der Waals surface area contributed by atoms with Crippen LogP contribution in [0.15, 0.2) is 69.8 Å². The molecule has 0 aliphatic carbocycles. The highest BCUT2D eigenvalue weighted by Crippen LogP contribution is 2.31. The number of esters is 1. The monoisotopic (exact) mass is 449 g/mol. The Balaban J connectivity index is 1.92. The van der Waals surface area contributed by atoms with Crippen molar-refractivity contribution in [1.82, 2.24) is 9.55 Å². The van der Waals surface area contributed by atoms with E-state index in [1.54, 1.807) is 36.9 Å². The maximum absolute atomic E-state index is 13.5. The van der Waals surface area contributed by atoms with Crippen molar-refractivity contribution < 1.29 is 14.3 Å². The van der Waals surface area contributed by atoms with Gasteiger partial charge in [-0.25, -0.2) is 9.79 Å². The third kappa shape index (κ3) is 4.13. The Bertz CT molecular complexity index is 1340. The molecule has 0 saturated heterocycles. The highest BCUT2D eigenvalue weighted by atomic mass is 32.1. The number of benzene rings is 1. The fourth-order valence-corrected chi connectivity index (χ4v) is 4.68. The van der Waals surface area contributed by atoms with Crippen molar-refractivity contribution in [3.05, 3.63) is 90.9 Å². The molecule has 3 aromatic rings. The van der Waals surface area contributed by atoms with Crippen molar-refractivity contribution in [3.8, 4) is 5.75 Å². The smallest absolute Gasteiger partial charge is 0.338 e.